The zero-order valence-corrected chi connectivity index (χ0v) is 8.05. The van der Waals surface area contributed by atoms with E-state index in [1.165, 1.54) is 12.8 Å². The van der Waals surface area contributed by atoms with Gasteiger partial charge in [-0.25, -0.2) is 0 Å². The Morgan fingerprint density at radius 2 is 1.92 bits per heavy atom. The molecular formula is C11H11ClO. The van der Waals surface area contributed by atoms with Crippen LogP contribution in [0.4, 0.5) is 0 Å². The number of carbonyl (C=O) groups excluding carboxylic acids is 1. The van der Waals surface area contributed by atoms with Crippen molar-refractivity contribution in [3.8, 4) is 0 Å². The highest BCUT2D eigenvalue weighted by Crippen LogP contribution is 2.33. The van der Waals surface area contributed by atoms with E-state index in [0.717, 1.165) is 5.56 Å². The third kappa shape index (κ3) is 2.31. The maximum absolute atomic E-state index is 11.6. The first-order chi connectivity index (χ1) is 6.25. The molecule has 1 aliphatic rings. The van der Waals surface area contributed by atoms with E-state index in [2.05, 4.69) is 0 Å². The van der Waals surface area contributed by atoms with Crippen LogP contribution in [-0.4, -0.2) is 5.78 Å². The third-order valence-electron chi connectivity index (χ3n) is 2.34. The average Bonchev–Trinajstić information content (AvgIpc) is 2.89. The Kier molecular flexibility index (Phi) is 2.36. The summed E-state index contributed by atoms with van der Waals surface area (Å²) in [5.74, 6) is 0.905. The first-order valence-corrected chi connectivity index (χ1v) is 4.92. The van der Waals surface area contributed by atoms with Crippen molar-refractivity contribution in [1.82, 2.24) is 0 Å². The smallest absolute Gasteiger partial charge is 0.163 e. The molecule has 1 saturated carbocycles. The highest BCUT2D eigenvalue weighted by molar-refractivity contribution is 6.30. The van der Waals surface area contributed by atoms with E-state index in [-0.39, 0.29) is 5.78 Å². The summed E-state index contributed by atoms with van der Waals surface area (Å²) in [7, 11) is 0. The monoisotopic (exact) mass is 194 g/mol. The van der Waals surface area contributed by atoms with Gasteiger partial charge in [-0.15, -0.1) is 0 Å². The molecule has 68 valence electrons. The summed E-state index contributed by atoms with van der Waals surface area (Å²) in [6.45, 7) is 0. The van der Waals surface area contributed by atoms with Crippen molar-refractivity contribution >= 4 is 17.4 Å². The minimum Gasteiger partial charge on any atom is -0.294 e. The fraction of sp³-hybridized carbons (Fsp3) is 0.364. The number of hydrogen-bond acceptors (Lipinski definition) is 1. The lowest BCUT2D eigenvalue weighted by Crippen LogP contribution is -1.99. The van der Waals surface area contributed by atoms with Crippen LogP contribution >= 0.6 is 11.6 Å². The quantitative estimate of drug-likeness (QED) is 0.675. The zero-order chi connectivity index (χ0) is 9.26. The lowest BCUT2D eigenvalue weighted by Gasteiger charge is -1.98. The van der Waals surface area contributed by atoms with E-state index in [1.807, 2.05) is 0 Å². The van der Waals surface area contributed by atoms with Crippen molar-refractivity contribution in [1.29, 1.82) is 0 Å². The van der Waals surface area contributed by atoms with Crippen LogP contribution in [0.3, 0.4) is 0 Å². The second-order valence-electron chi connectivity index (χ2n) is 3.58. The number of carbonyl (C=O) groups is 1. The predicted octanol–water partition coefficient (Wildman–Crippen LogP) is 3.32. The number of benzene rings is 1. The van der Waals surface area contributed by atoms with Crippen LogP contribution in [0.2, 0.25) is 5.02 Å². The van der Waals surface area contributed by atoms with Crippen LogP contribution in [0.5, 0.6) is 0 Å². The van der Waals surface area contributed by atoms with Gasteiger partial charge in [-0.2, -0.15) is 0 Å². The normalized spacial score (nSPS) is 15.8. The second-order valence-corrected chi connectivity index (χ2v) is 4.01. The molecule has 0 amide bonds. The highest BCUT2D eigenvalue weighted by atomic mass is 35.5. The first kappa shape index (κ1) is 8.76. The Morgan fingerprint density at radius 1 is 1.31 bits per heavy atom. The van der Waals surface area contributed by atoms with Gasteiger partial charge in [0.25, 0.3) is 0 Å². The van der Waals surface area contributed by atoms with Gasteiger partial charge < -0.3 is 0 Å². The molecule has 0 bridgehead atoms. The van der Waals surface area contributed by atoms with Crippen LogP contribution in [-0.2, 0) is 0 Å². The number of rotatable bonds is 3. The Hall–Kier alpha value is -0.820. The van der Waals surface area contributed by atoms with Crippen molar-refractivity contribution in [3.63, 3.8) is 0 Å². The molecule has 1 aromatic rings. The first-order valence-electron chi connectivity index (χ1n) is 4.54. The van der Waals surface area contributed by atoms with Gasteiger partial charge in [0, 0.05) is 17.0 Å². The summed E-state index contributed by atoms with van der Waals surface area (Å²) in [4.78, 5) is 11.6. The van der Waals surface area contributed by atoms with E-state index in [4.69, 9.17) is 11.6 Å². The minimum absolute atomic E-state index is 0.249. The largest absolute Gasteiger partial charge is 0.294 e. The molecule has 1 aromatic carbocycles. The number of halogens is 1. The molecule has 1 aliphatic carbocycles. The zero-order valence-electron chi connectivity index (χ0n) is 7.29. The van der Waals surface area contributed by atoms with E-state index < -0.39 is 0 Å². The van der Waals surface area contributed by atoms with Gasteiger partial charge >= 0.3 is 0 Å². The Balaban J connectivity index is 2.05. The van der Waals surface area contributed by atoms with E-state index >= 15 is 0 Å². The lowest BCUT2D eigenvalue weighted by atomic mass is 10.1. The van der Waals surface area contributed by atoms with Crippen molar-refractivity contribution in [2.24, 2.45) is 5.92 Å². The fourth-order valence-corrected chi connectivity index (χ4v) is 1.46. The standard InChI is InChI=1S/C11H11ClO/c12-10-5-3-9(4-6-10)11(13)7-8-1-2-8/h3-6,8H,1-2,7H2. The molecule has 0 heterocycles. The average molecular weight is 195 g/mol. The molecule has 0 aliphatic heterocycles. The summed E-state index contributed by atoms with van der Waals surface area (Å²) >= 11 is 5.72. The third-order valence-corrected chi connectivity index (χ3v) is 2.59. The topological polar surface area (TPSA) is 17.1 Å². The maximum atomic E-state index is 11.6. The van der Waals surface area contributed by atoms with Crippen molar-refractivity contribution in [3.05, 3.63) is 34.9 Å². The van der Waals surface area contributed by atoms with Crippen LogP contribution in [0.15, 0.2) is 24.3 Å². The van der Waals surface area contributed by atoms with Crippen LogP contribution < -0.4 is 0 Å². The number of ketones is 1. The molecule has 2 rings (SSSR count). The van der Waals surface area contributed by atoms with Crippen molar-refractivity contribution < 1.29 is 4.79 Å². The number of Topliss-reactive ketones (excluding diaryl/α,β-unsaturated/α-hetero) is 1. The molecule has 0 aromatic heterocycles. The van der Waals surface area contributed by atoms with Gasteiger partial charge in [0.05, 0.1) is 0 Å². The van der Waals surface area contributed by atoms with Gasteiger partial charge in [-0.1, -0.05) is 11.6 Å². The van der Waals surface area contributed by atoms with E-state index in [0.29, 0.717) is 17.4 Å². The fourth-order valence-electron chi connectivity index (χ4n) is 1.34. The summed E-state index contributed by atoms with van der Waals surface area (Å²) < 4.78 is 0. The second kappa shape index (κ2) is 3.51. The van der Waals surface area contributed by atoms with E-state index in [1.54, 1.807) is 24.3 Å². The molecule has 0 N–H and O–H groups in total. The summed E-state index contributed by atoms with van der Waals surface area (Å²) in [6, 6.07) is 7.13. The van der Waals surface area contributed by atoms with Gasteiger partial charge in [-0.05, 0) is 43.0 Å². The highest BCUT2D eigenvalue weighted by Gasteiger charge is 2.24. The van der Waals surface area contributed by atoms with Gasteiger partial charge in [-0.3, -0.25) is 4.79 Å². The molecule has 0 unspecified atom stereocenters. The van der Waals surface area contributed by atoms with Crippen LogP contribution in [0, 0.1) is 5.92 Å². The Labute approximate surface area is 82.7 Å². The Morgan fingerprint density at radius 3 is 2.46 bits per heavy atom. The molecule has 1 nitrogen and oxygen atoms in total. The van der Waals surface area contributed by atoms with Crippen molar-refractivity contribution in [2.45, 2.75) is 19.3 Å². The SMILES string of the molecule is O=C(CC1CC1)c1ccc(Cl)cc1. The summed E-state index contributed by atoms with van der Waals surface area (Å²) in [5, 5.41) is 0.683. The molecule has 0 saturated heterocycles. The molecule has 1 fully saturated rings. The molecule has 0 atom stereocenters. The lowest BCUT2D eigenvalue weighted by molar-refractivity contribution is 0.0976. The van der Waals surface area contributed by atoms with Crippen LogP contribution in [0.25, 0.3) is 0 Å². The minimum atomic E-state index is 0.249. The molecule has 13 heavy (non-hydrogen) atoms. The van der Waals surface area contributed by atoms with Gasteiger partial charge in [0.15, 0.2) is 5.78 Å². The number of hydrogen-bond donors (Lipinski definition) is 0. The van der Waals surface area contributed by atoms with Crippen LogP contribution in [0.1, 0.15) is 29.6 Å². The maximum Gasteiger partial charge on any atom is 0.163 e. The summed E-state index contributed by atoms with van der Waals surface area (Å²) in [6.07, 6.45) is 3.15. The molecule has 0 spiro atoms. The molecule has 0 radical (unpaired) electrons. The predicted molar refractivity (Wildman–Crippen MR) is 53.1 cm³/mol. The van der Waals surface area contributed by atoms with Gasteiger partial charge in [0.1, 0.15) is 0 Å². The van der Waals surface area contributed by atoms with Crippen molar-refractivity contribution in [2.75, 3.05) is 0 Å². The van der Waals surface area contributed by atoms with E-state index in [9.17, 15) is 4.79 Å². The van der Waals surface area contributed by atoms with Gasteiger partial charge in [0.2, 0.25) is 0 Å². The Bertz CT molecular complexity index is 311. The molecular weight excluding hydrogens is 184 g/mol. The molecule has 2 heteroatoms. The summed E-state index contributed by atoms with van der Waals surface area (Å²) in [5.41, 5.74) is 0.788.